The lowest BCUT2D eigenvalue weighted by molar-refractivity contribution is -0.116. The standard InChI is InChI=1S/C19H19ClN2O2/c1-3-24-16-6-7-18-14(10-16)8-9-22(18)12-19(23)21-17-11-15(20)5-4-13(17)2/h4-11H,3,12H2,1-2H3,(H,21,23). The number of carbonyl (C=O) groups is 1. The zero-order valence-corrected chi connectivity index (χ0v) is 14.4. The van der Waals surface area contributed by atoms with E-state index in [9.17, 15) is 4.79 Å². The summed E-state index contributed by atoms with van der Waals surface area (Å²) in [5.41, 5.74) is 2.71. The van der Waals surface area contributed by atoms with Crippen LogP contribution in [-0.4, -0.2) is 17.1 Å². The first-order valence-corrected chi connectivity index (χ1v) is 8.22. The zero-order valence-electron chi connectivity index (χ0n) is 13.7. The van der Waals surface area contributed by atoms with E-state index in [2.05, 4.69) is 5.32 Å². The van der Waals surface area contributed by atoms with Crippen LogP contribution in [0, 0.1) is 6.92 Å². The zero-order chi connectivity index (χ0) is 17.1. The fourth-order valence-corrected chi connectivity index (χ4v) is 2.82. The van der Waals surface area contributed by atoms with Crippen molar-refractivity contribution >= 4 is 34.1 Å². The first-order valence-electron chi connectivity index (χ1n) is 7.84. The monoisotopic (exact) mass is 342 g/mol. The minimum absolute atomic E-state index is 0.0910. The fourth-order valence-electron chi connectivity index (χ4n) is 2.65. The number of aromatic nitrogens is 1. The molecule has 0 aliphatic rings. The molecule has 0 saturated carbocycles. The Labute approximate surface area is 146 Å². The van der Waals surface area contributed by atoms with E-state index in [0.29, 0.717) is 11.6 Å². The Hall–Kier alpha value is -2.46. The highest BCUT2D eigenvalue weighted by molar-refractivity contribution is 6.31. The molecule has 124 valence electrons. The second-order valence-corrected chi connectivity index (χ2v) is 6.04. The lowest BCUT2D eigenvalue weighted by Gasteiger charge is -2.10. The molecule has 3 rings (SSSR count). The van der Waals surface area contributed by atoms with Crippen LogP contribution in [-0.2, 0) is 11.3 Å². The van der Waals surface area contributed by atoms with Crippen LogP contribution in [0.2, 0.25) is 5.02 Å². The second kappa shape index (κ2) is 6.97. The van der Waals surface area contributed by atoms with E-state index in [-0.39, 0.29) is 12.5 Å². The van der Waals surface area contributed by atoms with Gasteiger partial charge in [0.25, 0.3) is 0 Å². The number of nitrogens with zero attached hydrogens (tertiary/aromatic N) is 1. The Morgan fingerprint density at radius 2 is 2.04 bits per heavy atom. The number of anilines is 1. The van der Waals surface area contributed by atoms with Crippen molar-refractivity contribution in [2.75, 3.05) is 11.9 Å². The molecule has 0 spiro atoms. The van der Waals surface area contributed by atoms with Crippen LogP contribution in [0.4, 0.5) is 5.69 Å². The summed E-state index contributed by atoms with van der Waals surface area (Å²) in [5, 5.41) is 4.57. The van der Waals surface area contributed by atoms with Gasteiger partial charge in [-0.1, -0.05) is 17.7 Å². The smallest absolute Gasteiger partial charge is 0.244 e. The molecule has 0 bridgehead atoms. The van der Waals surface area contributed by atoms with Crippen LogP contribution in [0.25, 0.3) is 10.9 Å². The van der Waals surface area contributed by atoms with Gasteiger partial charge in [0.1, 0.15) is 12.3 Å². The average Bonchev–Trinajstić information content (AvgIpc) is 2.93. The molecule has 1 aromatic heterocycles. The highest BCUT2D eigenvalue weighted by Gasteiger charge is 2.09. The van der Waals surface area contributed by atoms with Crippen molar-refractivity contribution in [2.24, 2.45) is 0 Å². The van der Waals surface area contributed by atoms with Crippen LogP contribution < -0.4 is 10.1 Å². The van der Waals surface area contributed by atoms with Gasteiger partial charge in [0, 0.05) is 27.8 Å². The SMILES string of the molecule is CCOc1ccc2c(ccn2CC(=O)Nc2cc(Cl)ccc2C)c1. The van der Waals surface area contributed by atoms with Gasteiger partial charge in [-0.3, -0.25) is 4.79 Å². The van der Waals surface area contributed by atoms with Crippen LogP contribution in [0.3, 0.4) is 0 Å². The Morgan fingerprint density at radius 3 is 2.83 bits per heavy atom. The van der Waals surface area contributed by atoms with Gasteiger partial charge in [-0.2, -0.15) is 0 Å². The maximum absolute atomic E-state index is 12.4. The third-order valence-electron chi connectivity index (χ3n) is 3.84. The fraction of sp³-hybridized carbons (Fsp3) is 0.211. The van der Waals surface area contributed by atoms with Crippen molar-refractivity contribution in [2.45, 2.75) is 20.4 Å². The molecule has 1 amide bonds. The minimum atomic E-state index is -0.0910. The molecule has 0 fully saturated rings. The summed E-state index contributed by atoms with van der Waals surface area (Å²) in [6.45, 7) is 4.76. The summed E-state index contributed by atoms with van der Waals surface area (Å²) in [6, 6.07) is 13.3. The van der Waals surface area contributed by atoms with Crippen molar-refractivity contribution in [3.63, 3.8) is 0 Å². The minimum Gasteiger partial charge on any atom is -0.494 e. The van der Waals surface area contributed by atoms with E-state index < -0.39 is 0 Å². The molecular formula is C19H19ClN2O2. The van der Waals surface area contributed by atoms with E-state index in [1.54, 1.807) is 6.07 Å². The second-order valence-electron chi connectivity index (χ2n) is 5.60. The molecule has 0 aliphatic heterocycles. The van der Waals surface area contributed by atoms with Crippen molar-refractivity contribution in [3.05, 3.63) is 59.2 Å². The number of amides is 1. The van der Waals surface area contributed by atoms with Gasteiger partial charge in [-0.15, -0.1) is 0 Å². The number of nitrogens with one attached hydrogen (secondary N) is 1. The first kappa shape index (κ1) is 16.4. The number of carbonyl (C=O) groups excluding carboxylic acids is 1. The summed E-state index contributed by atoms with van der Waals surface area (Å²) < 4.78 is 7.42. The van der Waals surface area contributed by atoms with Crippen molar-refractivity contribution < 1.29 is 9.53 Å². The summed E-state index contributed by atoms with van der Waals surface area (Å²) in [5.74, 6) is 0.744. The van der Waals surface area contributed by atoms with Crippen molar-refractivity contribution in [1.82, 2.24) is 4.57 Å². The molecule has 1 N–H and O–H groups in total. The number of benzene rings is 2. The predicted octanol–water partition coefficient (Wildman–Crippen LogP) is 4.64. The van der Waals surface area contributed by atoms with Gasteiger partial charge in [0.05, 0.1) is 6.61 Å². The van der Waals surface area contributed by atoms with Crippen LogP contribution in [0.1, 0.15) is 12.5 Å². The number of fused-ring (bicyclic) bond motifs is 1. The van der Waals surface area contributed by atoms with E-state index in [0.717, 1.165) is 27.9 Å². The highest BCUT2D eigenvalue weighted by atomic mass is 35.5. The maximum atomic E-state index is 12.4. The predicted molar refractivity (Wildman–Crippen MR) is 97.9 cm³/mol. The van der Waals surface area contributed by atoms with Gasteiger partial charge in [-0.05, 0) is 55.8 Å². The molecule has 1 heterocycles. The molecule has 0 radical (unpaired) electrons. The van der Waals surface area contributed by atoms with E-state index >= 15 is 0 Å². The largest absolute Gasteiger partial charge is 0.494 e. The lowest BCUT2D eigenvalue weighted by atomic mass is 10.2. The van der Waals surface area contributed by atoms with E-state index in [4.69, 9.17) is 16.3 Å². The van der Waals surface area contributed by atoms with E-state index in [1.165, 1.54) is 0 Å². The molecule has 5 heteroatoms. The van der Waals surface area contributed by atoms with Crippen molar-refractivity contribution in [1.29, 1.82) is 0 Å². The van der Waals surface area contributed by atoms with E-state index in [1.807, 2.05) is 61.0 Å². The summed E-state index contributed by atoms with van der Waals surface area (Å²) in [7, 11) is 0. The van der Waals surface area contributed by atoms with Crippen LogP contribution in [0.5, 0.6) is 5.75 Å². The van der Waals surface area contributed by atoms with Gasteiger partial charge < -0.3 is 14.6 Å². The third kappa shape index (κ3) is 3.54. The lowest BCUT2D eigenvalue weighted by Crippen LogP contribution is -2.18. The molecular weight excluding hydrogens is 324 g/mol. The molecule has 0 aliphatic carbocycles. The van der Waals surface area contributed by atoms with Gasteiger partial charge in [-0.25, -0.2) is 0 Å². The highest BCUT2D eigenvalue weighted by Crippen LogP contribution is 2.23. The summed E-state index contributed by atoms with van der Waals surface area (Å²) in [4.78, 5) is 12.4. The molecule has 24 heavy (non-hydrogen) atoms. The maximum Gasteiger partial charge on any atom is 0.244 e. The number of rotatable bonds is 5. The number of hydrogen-bond acceptors (Lipinski definition) is 2. The van der Waals surface area contributed by atoms with Gasteiger partial charge in [0.15, 0.2) is 0 Å². The van der Waals surface area contributed by atoms with Gasteiger partial charge >= 0.3 is 0 Å². The molecule has 3 aromatic rings. The summed E-state index contributed by atoms with van der Waals surface area (Å²) in [6.07, 6.45) is 1.91. The number of aryl methyl sites for hydroxylation is 1. The number of hydrogen-bond donors (Lipinski definition) is 1. The Balaban J connectivity index is 1.77. The Morgan fingerprint density at radius 1 is 1.21 bits per heavy atom. The van der Waals surface area contributed by atoms with Crippen molar-refractivity contribution in [3.8, 4) is 5.75 Å². The first-order chi connectivity index (χ1) is 11.6. The Kier molecular flexibility index (Phi) is 4.76. The third-order valence-corrected chi connectivity index (χ3v) is 4.08. The molecule has 4 nitrogen and oxygen atoms in total. The average molecular weight is 343 g/mol. The topological polar surface area (TPSA) is 43.3 Å². The molecule has 0 saturated heterocycles. The Bertz CT molecular complexity index is 886. The normalized spacial score (nSPS) is 10.8. The molecule has 2 aromatic carbocycles. The molecule has 0 unspecified atom stereocenters. The molecule has 0 atom stereocenters. The van der Waals surface area contributed by atoms with Crippen LogP contribution >= 0.6 is 11.6 Å². The number of ether oxygens (including phenoxy) is 1. The van der Waals surface area contributed by atoms with Gasteiger partial charge in [0.2, 0.25) is 5.91 Å². The van der Waals surface area contributed by atoms with Crippen LogP contribution in [0.15, 0.2) is 48.7 Å². The quantitative estimate of drug-likeness (QED) is 0.734. The summed E-state index contributed by atoms with van der Waals surface area (Å²) >= 11 is 5.99. The number of halogens is 1.